The van der Waals surface area contributed by atoms with Gasteiger partial charge in [-0.05, 0) is 57.7 Å². The molecule has 0 unspecified atom stereocenters. The van der Waals surface area contributed by atoms with Crippen molar-refractivity contribution in [3.05, 3.63) is 0 Å². The van der Waals surface area contributed by atoms with Crippen molar-refractivity contribution in [2.75, 3.05) is 39.8 Å². The van der Waals surface area contributed by atoms with Gasteiger partial charge in [0.05, 0.1) is 0 Å². The summed E-state index contributed by atoms with van der Waals surface area (Å²) in [5.41, 5.74) is 0.518. The van der Waals surface area contributed by atoms with Crippen LogP contribution in [0.1, 0.15) is 45.4 Å². The summed E-state index contributed by atoms with van der Waals surface area (Å²) in [6.45, 7) is 7.86. The van der Waals surface area contributed by atoms with Crippen LogP contribution in [0.2, 0.25) is 0 Å². The smallest absolute Gasteiger partial charge is 0.223 e. The Morgan fingerprint density at radius 3 is 2.55 bits per heavy atom. The molecule has 1 aliphatic carbocycles. The van der Waals surface area contributed by atoms with Gasteiger partial charge in [-0.1, -0.05) is 13.3 Å². The first kappa shape index (κ1) is 15.8. The Balaban J connectivity index is 1.50. The van der Waals surface area contributed by atoms with Crippen LogP contribution in [-0.2, 0) is 4.79 Å². The molecule has 116 valence electrons. The first-order chi connectivity index (χ1) is 9.69. The molecule has 1 saturated heterocycles. The lowest BCUT2D eigenvalue weighted by molar-refractivity contribution is -0.144. The number of carbonyl (C=O) groups excluding carboxylic acids is 1. The van der Waals surface area contributed by atoms with Crippen molar-refractivity contribution in [2.45, 2.75) is 45.4 Å². The zero-order chi connectivity index (χ0) is 14.4. The number of nitrogens with one attached hydrogen (secondary N) is 2. The molecule has 0 aromatic heterocycles. The molecular weight excluding hydrogens is 250 g/mol. The molecule has 20 heavy (non-hydrogen) atoms. The van der Waals surface area contributed by atoms with Crippen LogP contribution in [0.15, 0.2) is 0 Å². The first-order valence-electron chi connectivity index (χ1n) is 8.34. The van der Waals surface area contributed by atoms with E-state index < -0.39 is 0 Å². The predicted molar refractivity (Wildman–Crippen MR) is 82.7 cm³/mol. The zero-order valence-electron chi connectivity index (χ0n) is 13.2. The molecule has 2 aliphatic rings. The first-order valence-corrected chi connectivity index (χ1v) is 8.34. The number of likely N-dealkylation sites (tertiary alicyclic amines) is 1. The molecule has 1 amide bonds. The van der Waals surface area contributed by atoms with E-state index in [0.717, 1.165) is 32.4 Å². The maximum Gasteiger partial charge on any atom is 0.223 e. The van der Waals surface area contributed by atoms with Crippen molar-refractivity contribution < 1.29 is 4.79 Å². The monoisotopic (exact) mass is 281 g/mol. The lowest BCUT2D eigenvalue weighted by atomic mass is 9.57. The fourth-order valence-corrected chi connectivity index (χ4v) is 3.77. The summed E-state index contributed by atoms with van der Waals surface area (Å²) >= 11 is 0. The van der Waals surface area contributed by atoms with Gasteiger partial charge < -0.3 is 15.5 Å². The highest BCUT2D eigenvalue weighted by Crippen LogP contribution is 2.51. The lowest BCUT2D eigenvalue weighted by Crippen LogP contribution is -2.63. The quantitative estimate of drug-likeness (QED) is 0.631. The fourth-order valence-electron chi connectivity index (χ4n) is 3.77. The topological polar surface area (TPSA) is 44.4 Å². The number of unbranched alkanes of at least 4 members (excludes halogenated alkanes) is 2. The van der Waals surface area contributed by atoms with Gasteiger partial charge in [-0.25, -0.2) is 0 Å². The van der Waals surface area contributed by atoms with Crippen molar-refractivity contribution in [3.8, 4) is 0 Å². The largest absolute Gasteiger partial charge is 0.356 e. The molecule has 0 atom stereocenters. The molecule has 0 radical (unpaired) electrons. The van der Waals surface area contributed by atoms with Crippen LogP contribution in [-0.4, -0.2) is 50.6 Å². The Kier molecular flexibility index (Phi) is 5.85. The number of rotatable bonds is 9. The molecule has 2 rings (SSSR count). The van der Waals surface area contributed by atoms with Gasteiger partial charge >= 0.3 is 0 Å². The van der Waals surface area contributed by atoms with E-state index in [0.29, 0.717) is 17.2 Å². The maximum absolute atomic E-state index is 12.0. The summed E-state index contributed by atoms with van der Waals surface area (Å²) in [6, 6.07) is 0. The standard InChI is InChI=1S/C16H31N3O/c1-3-9-19-12-16(13-19)10-14(11-16)15(20)18-8-6-4-5-7-17-2/h14,17H,3-13H2,1-2H3,(H,18,20). The second-order valence-electron chi connectivity index (χ2n) is 6.77. The van der Waals surface area contributed by atoms with Crippen molar-refractivity contribution in [1.82, 2.24) is 15.5 Å². The average molecular weight is 281 g/mol. The molecule has 2 N–H and O–H groups in total. The number of hydrogen-bond acceptors (Lipinski definition) is 3. The molecule has 4 nitrogen and oxygen atoms in total. The van der Waals surface area contributed by atoms with Gasteiger partial charge in [-0.2, -0.15) is 0 Å². The van der Waals surface area contributed by atoms with Crippen LogP contribution in [0.3, 0.4) is 0 Å². The number of carbonyl (C=O) groups is 1. The van der Waals surface area contributed by atoms with E-state index in [2.05, 4.69) is 22.5 Å². The summed E-state index contributed by atoms with van der Waals surface area (Å²) in [5.74, 6) is 0.606. The lowest BCUT2D eigenvalue weighted by Gasteiger charge is -2.58. The summed E-state index contributed by atoms with van der Waals surface area (Å²) in [7, 11) is 1.98. The SMILES string of the molecule is CCCN1CC2(CC(C(=O)NCCCCCNC)C2)C1. The van der Waals surface area contributed by atoms with Crippen LogP contribution < -0.4 is 10.6 Å². The van der Waals surface area contributed by atoms with Crippen LogP contribution >= 0.6 is 0 Å². The van der Waals surface area contributed by atoms with Gasteiger partial charge in [0.25, 0.3) is 0 Å². The molecule has 0 bridgehead atoms. The zero-order valence-corrected chi connectivity index (χ0v) is 13.2. The molecule has 0 aromatic carbocycles. The van der Waals surface area contributed by atoms with Crippen LogP contribution in [0.5, 0.6) is 0 Å². The van der Waals surface area contributed by atoms with Gasteiger partial charge in [-0.15, -0.1) is 0 Å². The fraction of sp³-hybridized carbons (Fsp3) is 0.938. The third-order valence-corrected chi connectivity index (χ3v) is 4.79. The third kappa shape index (κ3) is 3.95. The minimum Gasteiger partial charge on any atom is -0.356 e. The normalized spacial score (nSPS) is 21.5. The summed E-state index contributed by atoms with van der Waals surface area (Å²) in [6.07, 6.45) is 6.99. The van der Waals surface area contributed by atoms with E-state index >= 15 is 0 Å². The van der Waals surface area contributed by atoms with Gasteiger partial charge in [0, 0.05) is 25.6 Å². The Hall–Kier alpha value is -0.610. The third-order valence-electron chi connectivity index (χ3n) is 4.79. The molecule has 1 heterocycles. The molecule has 4 heteroatoms. The molecule has 2 fully saturated rings. The van der Waals surface area contributed by atoms with Crippen molar-refractivity contribution >= 4 is 5.91 Å². The predicted octanol–water partition coefficient (Wildman–Crippen LogP) is 1.61. The number of amides is 1. The van der Waals surface area contributed by atoms with E-state index in [1.807, 2.05) is 7.05 Å². The molecule has 0 aromatic rings. The minimum absolute atomic E-state index is 0.302. The van der Waals surface area contributed by atoms with E-state index in [-0.39, 0.29) is 0 Å². The van der Waals surface area contributed by atoms with E-state index in [4.69, 9.17) is 0 Å². The van der Waals surface area contributed by atoms with Gasteiger partial charge in [-0.3, -0.25) is 4.79 Å². The van der Waals surface area contributed by atoms with Crippen LogP contribution in [0.25, 0.3) is 0 Å². The number of hydrogen-bond donors (Lipinski definition) is 2. The van der Waals surface area contributed by atoms with Crippen LogP contribution in [0.4, 0.5) is 0 Å². The second-order valence-corrected chi connectivity index (χ2v) is 6.77. The Morgan fingerprint density at radius 1 is 1.20 bits per heavy atom. The molecule has 1 spiro atoms. The van der Waals surface area contributed by atoms with Gasteiger partial charge in [0.2, 0.25) is 5.91 Å². The van der Waals surface area contributed by atoms with Gasteiger partial charge in [0.15, 0.2) is 0 Å². The average Bonchev–Trinajstić information content (AvgIpc) is 2.34. The summed E-state index contributed by atoms with van der Waals surface area (Å²) in [5, 5.41) is 6.26. The highest BCUT2D eigenvalue weighted by molar-refractivity contribution is 5.79. The van der Waals surface area contributed by atoms with Crippen molar-refractivity contribution in [1.29, 1.82) is 0 Å². The van der Waals surface area contributed by atoms with Crippen molar-refractivity contribution in [2.24, 2.45) is 11.3 Å². The van der Waals surface area contributed by atoms with E-state index in [1.165, 1.54) is 38.9 Å². The molecule has 1 saturated carbocycles. The summed E-state index contributed by atoms with van der Waals surface area (Å²) in [4.78, 5) is 14.5. The Morgan fingerprint density at radius 2 is 1.90 bits per heavy atom. The second kappa shape index (κ2) is 7.41. The van der Waals surface area contributed by atoms with Crippen LogP contribution in [0, 0.1) is 11.3 Å². The van der Waals surface area contributed by atoms with Crippen molar-refractivity contribution in [3.63, 3.8) is 0 Å². The number of nitrogens with zero attached hydrogens (tertiary/aromatic N) is 1. The maximum atomic E-state index is 12.0. The van der Waals surface area contributed by atoms with E-state index in [1.54, 1.807) is 0 Å². The highest BCUT2D eigenvalue weighted by atomic mass is 16.1. The Labute approximate surface area is 123 Å². The highest BCUT2D eigenvalue weighted by Gasteiger charge is 2.53. The molecule has 1 aliphatic heterocycles. The van der Waals surface area contributed by atoms with E-state index in [9.17, 15) is 4.79 Å². The molecular formula is C16H31N3O. The Bertz CT molecular complexity index is 305. The summed E-state index contributed by atoms with van der Waals surface area (Å²) < 4.78 is 0. The minimum atomic E-state index is 0.302. The van der Waals surface area contributed by atoms with Gasteiger partial charge in [0.1, 0.15) is 0 Å².